The minimum absolute atomic E-state index is 0. The molecule has 132 heavy (non-hydrogen) atoms. The van der Waals surface area contributed by atoms with Gasteiger partial charge in [-0.15, -0.1) is 0 Å². The quantitative estimate of drug-likeness (QED) is 0.0252. The molecular formula is C102H109InN12Na2O15. The maximum atomic E-state index is 11.7. The van der Waals surface area contributed by atoms with Gasteiger partial charge in [-0.25, -0.2) is 29.9 Å². The molecule has 0 aliphatic carbocycles. The molecule has 0 radical (unpaired) electrons. The molecule has 9 aromatic heterocycles. The summed E-state index contributed by atoms with van der Waals surface area (Å²) in [6, 6.07) is 17.3. The van der Waals surface area contributed by atoms with Crippen molar-refractivity contribution < 1.29 is 134 Å². The number of nitrogens with one attached hydrogen (secondary N) is 6. The number of aromatic hydroxyl groups is 3. The fraction of sp³-hybridized carbons (Fsp3) is 0.353. The maximum Gasteiger partial charge on any atom is 3.00 e. The van der Waals surface area contributed by atoms with E-state index < -0.39 is 35.8 Å². The van der Waals surface area contributed by atoms with Gasteiger partial charge in [0.1, 0.15) is 17.1 Å². The number of hydrogen-bond donors (Lipinski definition) is 10. The van der Waals surface area contributed by atoms with E-state index in [1.54, 1.807) is 0 Å². The number of fused-ring (bicyclic) bond motifs is 24. The first-order valence-corrected chi connectivity index (χ1v) is 44.1. The van der Waals surface area contributed by atoms with Crippen molar-refractivity contribution in [1.29, 1.82) is 0 Å². The number of allylic oxidation sites excluding steroid dienone is 12. The fourth-order valence-corrected chi connectivity index (χ4v) is 18.9. The molecule has 9 aromatic rings. The first-order chi connectivity index (χ1) is 61.3. The van der Waals surface area contributed by atoms with Gasteiger partial charge in [0.15, 0.2) is 17.2 Å². The van der Waals surface area contributed by atoms with Gasteiger partial charge in [0.25, 0.3) is 0 Å². The third kappa shape index (κ3) is 20.6. The molecule has 24 bridgehead atoms. The summed E-state index contributed by atoms with van der Waals surface area (Å²) in [6.45, 7) is 35.8. The van der Waals surface area contributed by atoms with E-state index in [0.717, 1.165) is 189 Å². The average molecular weight is 1900 g/mol. The molecule has 0 atom stereocenters. The van der Waals surface area contributed by atoms with Crippen LogP contribution in [0.4, 0.5) is 0 Å². The second kappa shape index (κ2) is 42.8. The number of H-pyrrole nitrogens is 6. The molecule has 0 unspecified atom stereocenters. The third-order valence-electron chi connectivity index (χ3n) is 26.3. The molecule has 10 N–H and O–H groups in total. The second-order valence-corrected chi connectivity index (χ2v) is 33.7. The van der Waals surface area contributed by atoms with E-state index >= 15 is 0 Å². The van der Waals surface area contributed by atoms with Gasteiger partial charge < -0.3 is 99.8 Å². The number of carboxylic acids is 6. The van der Waals surface area contributed by atoms with Crippen LogP contribution in [-0.2, 0) is 67.3 Å². The number of nitrogens with zero attached hydrogens (tertiary/aromatic N) is 6. The van der Waals surface area contributed by atoms with E-state index in [1.165, 1.54) is 0 Å². The van der Waals surface area contributed by atoms with Crippen molar-refractivity contribution in [2.24, 2.45) is 0 Å². The van der Waals surface area contributed by atoms with Gasteiger partial charge in [0, 0.05) is 85.9 Å². The fourth-order valence-electron chi connectivity index (χ4n) is 18.9. The molecule has 0 aromatic carbocycles. The Morgan fingerprint density at radius 1 is 0.265 bits per heavy atom. The van der Waals surface area contributed by atoms with E-state index in [2.05, 4.69) is 50.7 Å². The van der Waals surface area contributed by atoms with Gasteiger partial charge in [0.05, 0.1) is 67.8 Å². The van der Waals surface area contributed by atoms with Gasteiger partial charge in [-0.2, -0.15) is 0 Å². The van der Waals surface area contributed by atoms with Crippen molar-refractivity contribution in [3.63, 3.8) is 0 Å². The summed E-state index contributed by atoms with van der Waals surface area (Å²) in [5, 5.41) is 102. The third-order valence-corrected chi connectivity index (χ3v) is 26.3. The number of carboxylic acid groups (broad SMARTS) is 6. The number of aromatic amines is 6. The summed E-state index contributed by atoms with van der Waals surface area (Å²) in [5.41, 5.74) is 38.0. The summed E-state index contributed by atoms with van der Waals surface area (Å²) < 4.78 is 0. The van der Waals surface area contributed by atoms with Gasteiger partial charge >= 0.3 is 90.9 Å². The van der Waals surface area contributed by atoms with E-state index in [-0.39, 0.29) is 173 Å². The Morgan fingerprint density at radius 3 is 0.697 bits per heavy atom. The van der Waals surface area contributed by atoms with Crippen molar-refractivity contribution in [3.05, 3.63) is 190 Å². The molecule has 0 fully saturated rings. The molecule has 30 heteroatoms. The van der Waals surface area contributed by atoms with Crippen molar-refractivity contribution in [1.82, 2.24) is 59.8 Å². The zero-order valence-corrected chi connectivity index (χ0v) is 86.3. The van der Waals surface area contributed by atoms with Gasteiger partial charge in [-0.05, 0) is 380 Å². The second-order valence-electron chi connectivity index (χ2n) is 33.7. The minimum Gasteiger partial charge on any atom is -0.550 e. The topological polar surface area (TPSA) is 471 Å². The number of carbonyl (C=O) groups is 6. The Morgan fingerprint density at radius 2 is 0.470 bits per heavy atom. The number of aryl methyl sites for hydroxylation is 12. The summed E-state index contributed by atoms with van der Waals surface area (Å²) in [5.74, 6) is -6.39. The zero-order valence-electron chi connectivity index (χ0n) is 79.0. The van der Waals surface area contributed by atoms with Crippen LogP contribution >= 0.6 is 0 Å². The molecule has 15 heterocycles. The summed E-state index contributed by atoms with van der Waals surface area (Å²) in [6.07, 6.45) is 4.89. The Hall–Kier alpha value is -11.1. The van der Waals surface area contributed by atoms with Crippen molar-refractivity contribution in [2.75, 3.05) is 0 Å². The van der Waals surface area contributed by atoms with E-state index in [9.17, 15) is 74.7 Å². The molecule has 672 valence electrons. The molecule has 0 saturated heterocycles. The van der Waals surface area contributed by atoms with Crippen LogP contribution in [0.15, 0.2) is 54.6 Å². The zero-order chi connectivity index (χ0) is 93.5. The molecule has 0 spiro atoms. The number of aliphatic carboxylic acids is 6. The Bertz CT molecular complexity index is 6400. The average Bonchev–Trinajstić information content (AvgIpc) is 1.61. The van der Waals surface area contributed by atoms with Crippen LogP contribution in [0.3, 0.4) is 0 Å². The van der Waals surface area contributed by atoms with E-state index in [4.69, 9.17) is 29.9 Å². The number of rotatable bonds is 24. The van der Waals surface area contributed by atoms with E-state index in [0.29, 0.717) is 124 Å². The molecule has 15 rings (SSSR count). The standard InChI is InChI=1S/3C34H38N4O5.In.2Na/c3*1-7-20-19(6)32-34(43)33-21(8-2)16(3)26(37-33)13-24-17(4)22(9-11-30(39)40)28(35-24)15-29-23(10-12-31(41)42)18(5)25(36-29)14-27(20)38-32;;;/h3*13-15,36-37,43H,7-12H2,1-6H3,(H,39,40)(H,41,42);;;/q;;;+3;2*+1/p-5. The van der Waals surface area contributed by atoms with Crippen LogP contribution in [0.1, 0.15) is 295 Å². The first-order valence-electron chi connectivity index (χ1n) is 44.1. The van der Waals surface area contributed by atoms with Gasteiger partial charge in [0.2, 0.25) is 0 Å². The summed E-state index contributed by atoms with van der Waals surface area (Å²) in [7, 11) is 0. The van der Waals surface area contributed by atoms with Crippen LogP contribution in [0.2, 0.25) is 0 Å². The largest absolute Gasteiger partial charge is 3.00 e. The Balaban J connectivity index is 0.000000203. The maximum absolute atomic E-state index is 11.7. The molecule has 0 amide bonds. The minimum atomic E-state index is -1.15. The Kier molecular flexibility index (Phi) is 33.4. The van der Waals surface area contributed by atoms with Crippen LogP contribution in [-0.4, -0.2) is 142 Å². The number of hydrogen-bond acceptors (Lipinski definition) is 20. The number of carbonyl (C=O) groups excluding carboxylic acids is 5. The van der Waals surface area contributed by atoms with Crippen LogP contribution in [0.25, 0.3) is 133 Å². The monoisotopic (exact) mass is 1900 g/mol. The molecule has 0 saturated carbocycles. The summed E-state index contributed by atoms with van der Waals surface area (Å²) >= 11 is 0. The van der Waals surface area contributed by atoms with Gasteiger partial charge in [-0.1, -0.05) is 41.5 Å². The van der Waals surface area contributed by atoms with Crippen LogP contribution in [0.5, 0.6) is 17.2 Å². The summed E-state index contributed by atoms with van der Waals surface area (Å²) in [4.78, 5) is 119. The van der Waals surface area contributed by atoms with Crippen molar-refractivity contribution in [3.8, 4) is 17.2 Å². The van der Waals surface area contributed by atoms with Crippen LogP contribution in [0, 0.1) is 41.5 Å². The predicted octanol–water partition coefficient (Wildman–Crippen LogP) is 9.01. The molecule has 27 nitrogen and oxygen atoms in total. The predicted molar refractivity (Wildman–Crippen MR) is 501 cm³/mol. The van der Waals surface area contributed by atoms with Crippen LogP contribution < -0.4 is 84.6 Å². The SMILES string of the molecule is CCC1=C(C)c2nc1cc1[nH]c(cc3nc(cc4[nH]c(c2O)c(CC)c4C)C(C)=C3CCC(=O)[O-])c(CCC(=O)O)c1C.CCC1=C(C)c2nc1cc1[nH]c(cc3nc(cc4[nH]c(c2O)c(CC)c4C)C(C)=C3CCC(=O)[O-])c(CCC(=O)[O-])c1C.CCC1=C(C)c2nc1cc1[nH]c(cc3nc(cc4[nH]c(c2O)c(CC)c4C)C(C)=C3CCC(=O)[O-])c(CCC(=O)[O-])c1C.[In+3].[Na+].[Na+]. The first kappa shape index (κ1) is 103. The normalized spacial score (nSPS) is 13.0. The van der Waals surface area contributed by atoms with Crippen molar-refractivity contribution in [2.45, 2.75) is 240 Å². The van der Waals surface area contributed by atoms with E-state index in [1.807, 2.05) is 158 Å². The van der Waals surface area contributed by atoms with Crippen molar-refractivity contribution >= 4 is 195 Å². The number of aromatic nitrogens is 12. The van der Waals surface area contributed by atoms with Gasteiger partial charge in [-0.3, -0.25) is 4.79 Å². The molecule has 6 aliphatic rings. The smallest absolute Gasteiger partial charge is 0.550 e. The molecule has 6 aliphatic heterocycles. The molecular weight excluding hydrogens is 1790 g/mol. The Labute approximate surface area is 828 Å².